The van der Waals surface area contributed by atoms with Crippen LogP contribution in [0.25, 0.3) is 27.5 Å². The molecule has 3 heterocycles. The fraction of sp³-hybridized carbons (Fsp3) is 0.158. The summed E-state index contributed by atoms with van der Waals surface area (Å²) < 4.78 is 21.0. The fourth-order valence-corrected chi connectivity index (χ4v) is 3.25. The average molecular weight is 322 g/mol. The van der Waals surface area contributed by atoms with Gasteiger partial charge >= 0.3 is 5.97 Å². The third-order valence-electron chi connectivity index (χ3n) is 4.27. The van der Waals surface area contributed by atoms with Gasteiger partial charge in [0.15, 0.2) is 0 Å². The van der Waals surface area contributed by atoms with Crippen molar-refractivity contribution in [2.75, 3.05) is 6.61 Å². The molecule has 1 aromatic carbocycles. The minimum Gasteiger partial charge on any atom is -0.462 e. The van der Waals surface area contributed by atoms with Gasteiger partial charge < -0.3 is 4.74 Å². The van der Waals surface area contributed by atoms with Crippen LogP contribution in [-0.2, 0) is 4.74 Å². The first-order valence-corrected chi connectivity index (χ1v) is 7.77. The summed E-state index contributed by atoms with van der Waals surface area (Å²) in [7, 11) is 0. The van der Waals surface area contributed by atoms with Crippen molar-refractivity contribution in [3.8, 4) is 0 Å². The molecule has 0 aliphatic carbocycles. The number of hydrogen-bond donors (Lipinski definition) is 0. The first-order valence-electron chi connectivity index (χ1n) is 7.77. The van der Waals surface area contributed by atoms with Gasteiger partial charge in [0.1, 0.15) is 11.5 Å². The molecule has 0 spiro atoms. The Labute approximate surface area is 137 Å². The number of nitrogens with zero attached hydrogens (tertiary/aromatic N) is 2. The molecule has 120 valence electrons. The predicted molar refractivity (Wildman–Crippen MR) is 90.9 cm³/mol. The monoisotopic (exact) mass is 322 g/mol. The molecule has 0 N–H and O–H groups in total. The van der Waals surface area contributed by atoms with Crippen molar-refractivity contribution in [3.63, 3.8) is 0 Å². The maximum atomic E-state index is 13.9. The molecule has 0 radical (unpaired) electrons. The van der Waals surface area contributed by atoms with Crippen LogP contribution in [0.1, 0.15) is 22.8 Å². The molecule has 0 bridgehead atoms. The Morgan fingerprint density at radius 3 is 2.88 bits per heavy atom. The number of pyridine rings is 2. The SMILES string of the molecule is CCOC(=O)c1c(C)c2cc3cccnc3n2c2ccc(F)cc12. The van der Waals surface area contributed by atoms with E-state index in [0.29, 0.717) is 10.9 Å². The van der Waals surface area contributed by atoms with Gasteiger partial charge in [0.05, 0.1) is 23.2 Å². The van der Waals surface area contributed by atoms with Gasteiger partial charge in [0.2, 0.25) is 0 Å². The third kappa shape index (κ3) is 1.98. The summed E-state index contributed by atoms with van der Waals surface area (Å²) in [6, 6.07) is 10.3. The number of carbonyl (C=O) groups excluding carboxylic acids is 1. The Morgan fingerprint density at radius 2 is 2.08 bits per heavy atom. The number of carbonyl (C=O) groups is 1. The van der Waals surface area contributed by atoms with E-state index in [-0.39, 0.29) is 6.61 Å². The summed E-state index contributed by atoms with van der Waals surface area (Å²) in [5.74, 6) is -0.831. The minimum absolute atomic E-state index is 0.269. The van der Waals surface area contributed by atoms with Gasteiger partial charge in [-0.15, -0.1) is 0 Å². The van der Waals surface area contributed by atoms with Crippen LogP contribution in [0, 0.1) is 12.7 Å². The van der Waals surface area contributed by atoms with E-state index in [2.05, 4.69) is 4.98 Å². The second-order valence-corrected chi connectivity index (χ2v) is 5.66. The lowest BCUT2D eigenvalue weighted by Gasteiger charge is -2.13. The van der Waals surface area contributed by atoms with E-state index in [4.69, 9.17) is 4.74 Å². The summed E-state index contributed by atoms with van der Waals surface area (Å²) in [6.45, 7) is 3.87. The zero-order chi connectivity index (χ0) is 16.8. The Morgan fingerprint density at radius 1 is 1.25 bits per heavy atom. The van der Waals surface area contributed by atoms with Crippen molar-refractivity contribution in [1.82, 2.24) is 9.38 Å². The summed E-state index contributed by atoms with van der Waals surface area (Å²) in [6.07, 6.45) is 1.72. The maximum absolute atomic E-state index is 13.9. The number of ether oxygens (including phenoxy) is 1. The van der Waals surface area contributed by atoms with E-state index in [1.165, 1.54) is 12.1 Å². The summed E-state index contributed by atoms with van der Waals surface area (Å²) in [5, 5.41) is 1.49. The van der Waals surface area contributed by atoms with Crippen LogP contribution < -0.4 is 0 Å². The number of aryl methyl sites for hydroxylation is 1. The molecule has 3 aromatic heterocycles. The van der Waals surface area contributed by atoms with Crippen LogP contribution in [0.2, 0.25) is 0 Å². The Kier molecular flexibility index (Phi) is 3.23. The molecule has 0 saturated carbocycles. The highest BCUT2D eigenvalue weighted by Crippen LogP contribution is 2.32. The minimum atomic E-state index is -0.439. The quantitative estimate of drug-likeness (QED) is 0.518. The number of rotatable bonds is 2. The topological polar surface area (TPSA) is 43.6 Å². The van der Waals surface area contributed by atoms with Crippen LogP contribution in [0.5, 0.6) is 0 Å². The average Bonchev–Trinajstić information content (AvgIpc) is 2.95. The van der Waals surface area contributed by atoms with Crippen molar-refractivity contribution < 1.29 is 13.9 Å². The standard InChI is InChI=1S/C19H15FN2O2/c1-3-24-19(23)17-11(2)16-9-12-5-4-8-21-18(12)22(16)15-7-6-13(20)10-14(15)17/h4-10H,3H2,1-2H3. The van der Waals surface area contributed by atoms with E-state index >= 15 is 0 Å². The maximum Gasteiger partial charge on any atom is 0.339 e. The Hall–Kier alpha value is -2.95. The largest absolute Gasteiger partial charge is 0.462 e. The Bertz CT molecular complexity index is 1110. The van der Waals surface area contributed by atoms with E-state index in [1.54, 1.807) is 19.2 Å². The first-order chi connectivity index (χ1) is 11.6. The molecular weight excluding hydrogens is 307 g/mol. The highest BCUT2D eigenvalue weighted by Gasteiger charge is 2.21. The van der Waals surface area contributed by atoms with Gasteiger partial charge in [-0.3, -0.25) is 4.40 Å². The normalized spacial score (nSPS) is 11.5. The summed E-state index contributed by atoms with van der Waals surface area (Å²) in [5.41, 5.74) is 3.54. The zero-order valence-electron chi connectivity index (χ0n) is 13.3. The smallest absolute Gasteiger partial charge is 0.339 e. The molecular formula is C19H15FN2O2. The van der Waals surface area contributed by atoms with E-state index in [1.807, 2.05) is 29.5 Å². The van der Waals surface area contributed by atoms with Gasteiger partial charge in [-0.2, -0.15) is 0 Å². The lowest BCUT2D eigenvalue weighted by molar-refractivity contribution is 0.0528. The van der Waals surface area contributed by atoms with Gasteiger partial charge in [-0.05, 0) is 55.8 Å². The lowest BCUT2D eigenvalue weighted by Crippen LogP contribution is -2.10. The molecule has 4 aromatic rings. The molecule has 4 rings (SSSR count). The van der Waals surface area contributed by atoms with Crippen LogP contribution >= 0.6 is 0 Å². The van der Waals surface area contributed by atoms with E-state index in [0.717, 1.165) is 27.6 Å². The van der Waals surface area contributed by atoms with Gasteiger partial charge in [-0.1, -0.05) is 0 Å². The Balaban J connectivity index is 2.25. The summed E-state index contributed by atoms with van der Waals surface area (Å²) >= 11 is 0. The number of fused-ring (bicyclic) bond motifs is 5. The molecule has 0 amide bonds. The summed E-state index contributed by atoms with van der Waals surface area (Å²) in [4.78, 5) is 16.9. The van der Waals surface area contributed by atoms with Crippen molar-refractivity contribution in [3.05, 3.63) is 59.5 Å². The van der Waals surface area contributed by atoms with Crippen LogP contribution in [-0.4, -0.2) is 22.0 Å². The molecule has 0 aliphatic heterocycles. The van der Waals surface area contributed by atoms with Crippen molar-refractivity contribution in [2.24, 2.45) is 0 Å². The van der Waals surface area contributed by atoms with E-state index < -0.39 is 11.8 Å². The number of halogens is 1. The second-order valence-electron chi connectivity index (χ2n) is 5.66. The van der Waals surface area contributed by atoms with E-state index in [9.17, 15) is 9.18 Å². The van der Waals surface area contributed by atoms with Gasteiger partial charge in [-0.25, -0.2) is 14.2 Å². The third-order valence-corrected chi connectivity index (χ3v) is 4.27. The lowest BCUT2D eigenvalue weighted by atomic mass is 10.0. The van der Waals surface area contributed by atoms with Crippen molar-refractivity contribution in [2.45, 2.75) is 13.8 Å². The number of esters is 1. The second kappa shape index (κ2) is 5.30. The van der Waals surface area contributed by atoms with Crippen molar-refractivity contribution in [1.29, 1.82) is 0 Å². The van der Waals surface area contributed by atoms with Crippen LogP contribution in [0.15, 0.2) is 42.6 Å². The molecule has 0 fully saturated rings. The first kappa shape index (κ1) is 14.6. The number of aromatic nitrogens is 2. The molecule has 24 heavy (non-hydrogen) atoms. The van der Waals surface area contributed by atoms with Gasteiger partial charge in [0.25, 0.3) is 0 Å². The van der Waals surface area contributed by atoms with Crippen LogP contribution in [0.4, 0.5) is 4.39 Å². The molecule has 4 nitrogen and oxygen atoms in total. The van der Waals surface area contributed by atoms with Crippen LogP contribution in [0.3, 0.4) is 0 Å². The predicted octanol–water partition coefficient (Wildman–Crippen LogP) is 4.26. The van der Waals surface area contributed by atoms with Crippen molar-refractivity contribution >= 4 is 33.4 Å². The molecule has 0 atom stereocenters. The fourth-order valence-electron chi connectivity index (χ4n) is 3.25. The molecule has 5 heteroatoms. The number of hydrogen-bond acceptors (Lipinski definition) is 3. The highest BCUT2D eigenvalue weighted by molar-refractivity contribution is 6.09. The highest BCUT2D eigenvalue weighted by atomic mass is 19.1. The zero-order valence-corrected chi connectivity index (χ0v) is 13.3. The molecule has 0 unspecified atom stereocenters. The molecule has 0 saturated heterocycles. The number of benzene rings is 1. The van der Waals surface area contributed by atoms with Gasteiger partial charge in [0, 0.05) is 17.0 Å². The molecule has 0 aliphatic rings.